The lowest BCUT2D eigenvalue weighted by Crippen LogP contribution is -2.19. The van der Waals surface area contributed by atoms with E-state index in [-0.39, 0.29) is 5.91 Å². The van der Waals surface area contributed by atoms with Crippen LogP contribution in [0.5, 0.6) is 0 Å². The van der Waals surface area contributed by atoms with Gasteiger partial charge in [0.1, 0.15) is 5.69 Å². The summed E-state index contributed by atoms with van der Waals surface area (Å²) in [5.41, 5.74) is 3.93. The van der Waals surface area contributed by atoms with Gasteiger partial charge in [-0.1, -0.05) is 48.5 Å². The first kappa shape index (κ1) is 17.7. The van der Waals surface area contributed by atoms with Gasteiger partial charge in [-0.15, -0.1) is 0 Å². The molecule has 5 heteroatoms. The van der Waals surface area contributed by atoms with Gasteiger partial charge >= 0.3 is 0 Å². The number of hydrogen-bond acceptors (Lipinski definition) is 4. The summed E-state index contributed by atoms with van der Waals surface area (Å²) in [6, 6.07) is 23.5. The first-order chi connectivity index (χ1) is 13.7. The number of nitrogens with one attached hydrogen (secondary N) is 1. The SMILES string of the molecule is CN(Cc1ccccc1)c1ccnc(C(=O)Nc2cccc3cccnc23)c1. The fraction of sp³-hybridized carbons (Fsp3) is 0.0870. The van der Waals surface area contributed by atoms with E-state index in [1.807, 2.05) is 61.6 Å². The number of nitrogens with zero attached hydrogens (tertiary/aromatic N) is 3. The molecule has 0 unspecified atom stereocenters. The van der Waals surface area contributed by atoms with Crippen molar-refractivity contribution in [2.75, 3.05) is 17.3 Å². The van der Waals surface area contributed by atoms with E-state index in [1.54, 1.807) is 18.5 Å². The minimum Gasteiger partial charge on any atom is -0.370 e. The van der Waals surface area contributed by atoms with Crippen LogP contribution in [0.4, 0.5) is 11.4 Å². The summed E-state index contributed by atoms with van der Waals surface area (Å²) in [5, 5.41) is 3.91. The number of pyridine rings is 2. The number of amides is 1. The molecule has 4 rings (SSSR count). The first-order valence-electron chi connectivity index (χ1n) is 9.07. The van der Waals surface area contributed by atoms with Crippen molar-refractivity contribution in [3.8, 4) is 0 Å². The molecule has 0 aliphatic carbocycles. The monoisotopic (exact) mass is 368 g/mol. The number of para-hydroxylation sites is 1. The molecule has 2 aromatic carbocycles. The Hall–Kier alpha value is -3.73. The standard InChI is InChI=1S/C23H20N4O/c1-27(16-17-7-3-2-4-8-17)19-12-14-24-21(15-19)23(28)26-20-11-5-9-18-10-6-13-25-22(18)20/h2-15H,16H2,1H3,(H,26,28). The highest BCUT2D eigenvalue weighted by atomic mass is 16.1. The van der Waals surface area contributed by atoms with Gasteiger partial charge in [-0.25, -0.2) is 0 Å². The van der Waals surface area contributed by atoms with Crippen LogP contribution in [0.3, 0.4) is 0 Å². The Kier molecular flexibility index (Phi) is 4.97. The second-order valence-corrected chi connectivity index (χ2v) is 6.58. The topological polar surface area (TPSA) is 58.1 Å². The van der Waals surface area contributed by atoms with Gasteiger partial charge in [-0.3, -0.25) is 14.8 Å². The molecule has 0 radical (unpaired) electrons. The summed E-state index contributed by atoms with van der Waals surface area (Å²) < 4.78 is 0. The summed E-state index contributed by atoms with van der Waals surface area (Å²) in [6.45, 7) is 0.749. The number of carbonyl (C=O) groups is 1. The number of fused-ring (bicyclic) bond motifs is 1. The van der Waals surface area contributed by atoms with Crippen LogP contribution in [-0.4, -0.2) is 22.9 Å². The number of rotatable bonds is 5. The molecule has 1 amide bonds. The van der Waals surface area contributed by atoms with E-state index in [4.69, 9.17) is 0 Å². The highest BCUT2D eigenvalue weighted by molar-refractivity contribution is 6.07. The molecule has 1 N–H and O–H groups in total. The fourth-order valence-electron chi connectivity index (χ4n) is 3.12. The second kappa shape index (κ2) is 7.88. The lowest BCUT2D eigenvalue weighted by molar-refractivity contribution is 0.102. The van der Waals surface area contributed by atoms with Gasteiger partial charge in [0, 0.05) is 37.1 Å². The van der Waals surface area contributed by atoms with Gasteiger partial charge < -0.3 is 10.2 Å². The Morgan fingerprint density at radius 3 is 2.61 bits per heavy atom. The predicted molar refractivity (Wildman–Crippen MR) is 112 cm³/mol. The Bertz CT molecular complexity index is 1110. The zero-order chi connectivity index (χ0) is 19.3. The number of anilines is 2. The van der Waals surface area contributed by atoms with E-state index < -0.39 is 0 Å². The fourth-order valence-corrected chi connectivity index (χ4v) is 3.12. The normalized spacial score (nSPS) is 10.6. The Balaban J connectivity index is 1.54. The number of hydrogen-bond donors (Lipinski definition) is 1. The molecule has 0 saturated heterocycles. The highest BCUT2D eigenvalue weighted by Crippen LogP contribution is 2.22. The molecular formula is C23H20N4O. The molecule has 0 atom stereocenters. The average molecular weight is 368 g/mol. The summed E-state index contributed by atoms with van der Waals surface area (Å²) in [6.07, 6.45) is 3.38. The molecular weight excluding hydrogens is 348 g/mol. The van der Waals surface area contributed by atoms with Gasteiger partial charge in [-0.2, -0.15) is 0 Å². The predicted octanol–water partition coefficient (Wildman–Crippen LogP) is 4.52. The van der Waals surface area contributed by atoms with Crippen molar-refractivity contribution >= 4 is 28.2 Å². The lowest BCUT2D eigenvalue weighted by Gasteiger charge is -2.19. The molecule has 2 aromatic heterocycles. The van der Waals surface area contributed by atoms with Crippen LogP contribution < -0.4 is 10.2 Å². The van der Waals surface area contributed by atoms with Gasteiger partial charge in [0.2, 0.25) is 0 Å². The van der Waals surface area contributed by atoms with Crippen LogP contribution in [0, 0.1) is 0 Å². The van der Waals surface area contributed by atoms with Crippen LogP contribution in [0.15, 0.2) is 85.2 Å². The van der Waals surface area contributed by atoms with E-state index in [1.165, 1.54) is 5.56 Å². The maximum absolute atomic E-state index is 12.8. The molecule has 0 fully saturated rings. The zero-order valence-electron chi connectivity index (χ0n) is 15.5. The second-order valence-electron chi connectivity index (χ2n) is 6.58. The third-order valence-corrected chi connectivity index (χ3v) is 4.56. The van der Waals surface area contributed by atoms with Crippen molar-refractivity contribution in [1.82, 2.24) is 9.97 Å². The molecule has 0 spiro atoms. The van der Waals surface area contributed by atoms with E-state index >= 15 is 0 Å². The van der Waals surface area contributed by atoms with E-state index in [0.717, 1.165) is 23.1 Å². The zero-order valence-corrected chi connectivity index (χ0v) is 15.5. The Morgan fingerprint density at radius 2 is 1.75 bits per heavy atom. The van der Waals surface area contributed by atoms with Crippen molar-refractivity contribution in [3.05, 3.63) is 96.4 Å². The third-order valence-electron chi connectivity index (χ3n) is 4.56. The van der Waals surface area contributed by atoms with Crippen LogP contribution in [0.1, 0.15) is 16.1 Å². The van der Waals surface area contributed by atoms with E-state index in [9.17, 15) is 4.79 Å². The summed E-state index contributed by atoms with van der Waals surface area (Å²) in [5.74, 6) is -0.256. The minimum absolute atomic E-state index is 0.256. The van der Waals surface area contributed by atoms with Crippen LogP contribution in [-0.2, 0) is 6.54 Å². The molecule has 28 heavy (non-hydrogen) atoms. The van der Waals surface area contributed by atoms with Crippen molar-refractivity contribution in [1.29, 1.82) is 0 Å². The molecule has 0 saturated carbocycles. The third kappa shape index (κ3) is 3.83. The molecule has 0 aliphatic heterocycles. The molecule has 0 aliphatic rings. The van der Waals surface area contributed by atoms with Crippen molar-refractivity contribution in [2.45, 2.75) is 6.54 Å². The number of carbonyl (C=O) groups excluding carboxylic acids is 1. The Labute approximate surface area is 163 Å². The molecule has 4 aromatic rings. The van der Waals surface area contributed by atoms with Gasteiger partial charge in [0.15, 0.2) is 0 Å². The lowest BCUT2D eigenvalue weighted by atomic mass is 10.2. The molecule has 5 nitrogen and oxygen atoms in total. The molecule has 2 heterocycles. The highest BCUT2D eigenvalue weighted by Gasteiger charge is 2.12. The minimum atomic E-state index is -0.256. The van der Waals surface area contributed by atoms with Gasteiger partial charge in [0.25, 0.3) is 5.91 Å². The largest absolute Gasteiger partial charge is 0.370 e. The van der Waals surface area contributed by atoms with E-state index in [0.29, 0.717) is 11.4 Å². The van der Waals surface area contributed by atoms with Crippen LogP contribution in [0.25, 0.3) is 10.9 Å². The summed E-state index contributed by atoms with van der Waals surface area (Å²) in [4.78, 5) is 23.5. The number of aromatic nitrogens is 2. The van der Waals surface area contributed by atoms with Gasteiger partial charge in [-0.05, 0) is 29.8 Å². The van der Waals surface area contributed by atoms with Crippen molar-refractivity contribution < 1.29 is 4.79 Å². The molecule has 0 bridgehead atoms. The average Bonchev–Trinajstić information content (AvgIpc) is 2.75. The maximum atomic E-state index is 12.8. The van der Waals surface area contributed by atoms with Crippen LogP contribution in [0.2, 0.25) is 0 Å². The van der Waals surface area contributed by atoms with Crippen LogP contribution >= 0.6 is 0 Å². The van der Waals surface area contributed by atoms with Gasteiger partial charge in [0.05, 0.1) is 11.2 Å². The van der Waals surface area contributed by atoms with E-state index in [2.05, 4.69) is 32.3 Å². The van der Waals surface area contributed by atoms with Crippen molar-refractivity contribution in [2.24, 2.45) is 0 Å². The quantitative estimate of drug-likeness (QED) is 0.563. The smallest absolute Gasteiger partial charge is 0.274 e. The Morgan fingerprint density at radius 1 is 0.929 bits per heavy atom. The number of benzene rings is 2. The summed E-state index contributed by atoms with van der Waals surface area (Å²) >= 11 is 0. The molecule has 138 valence electrons. The first-order valence-corrected chi connectivity index (χ1v) is 9.07. The summed E-state index contributed by atoms with van der Waals surface area (Å²) in [7, 11) is 2.00. The van der Waals surface area contributed by atoms with Crippen molar-refractivity contribution in [3.63, 3.8) is 0 Å². The maximum Gasteiger partial charge on any atom is 0.274 e.